The van der Waals surface area contributed by atoms with Crippen molar-refractivity contribution in [2.75, 3.05) is 6.61 Å². The second-order valence-corrected chi connectivity index (χ2v) is 3.64. The summed E-state index contributed by atoms with van der Waals surface area (Å²) in [4.78, 5) is 11.3. The van der Waals surface area contributed by atoms with Crippen molar-refractivity contribution in [3.63, 3.8) is 0 Å². The maximum atomic E-state index is 11.3. The lowest BCUT2D eigenvalue weighted by Crippen LogP contribution is -2.13. The molecule has 2 heteroatoms. The third kappa shape index (κ3) is 2.69. The fourth-order valence-electron chi connectivity index (χ4n) is 1.47. The van der Waals surface area contributed by atoms with Crippen LogP contribution in [0.15, 0.2) is 42.0 Å². The monoisotopic (exact) mass is 202 g/mol. The largest absolute Gasteiger partial charge is 0.462 e. The van der Waals surface area contributed by atoms with E-state index in [-0.39, 0.29) is 5.97 Å². The fraction of sp³-hybridized carbons (Fsp3) is 0.308. The first kappa shape index (κ1) is 9.97. The van der Waals surface area contributed by atoms with E-state index in [1.807, 2.05) is 36.4 Å². The molecule has 1 aromatic carbocycles. The average Bonchev–Trinajstić information content (AvgIpc) is 2.16. The molecule has 0 saturated carbocycles. The second kappa shape index (κ2) is 4.78. The van der Waals surface area contributed by atoms with Crippen LogP contribution in [0.2, 0.25) is 0 Å². The van der Waals surface area contributed by atoms with Gasteiger partial charge in [-0.25, -0.2) is 4.79 Å². The third-order valence-corrected chi connectivity index (χ3v) is 2.53. The Morgan fingerprint density at radius 3 is 2.60 bits per heavy atom. The molecule has 1 aliphatic carbocycles. The van der Waals surface area contributed by atoms with Crippen molar-refractivity contribution < 1.29 is 9.53 Å². The summed E-state index contributed by atoms with van der Waals surface area (Å²) in [5, 5.41) is 0. The molecule has 1 aromatic rings. The van der Waals surface area contributed by atoms with Crippen LogP contribution in [0.3, 0.4) is 0 Å². The van der Waals surface area contributed by atoms with Crippen molar-refractivity contribution in [3.05, 3.63) is 47.5 Å². The SMILES string of the molecule is O=C(OCCc1ccccc1)C1=CCC1. The maximum absolute atomic E-state index is 11.3. The van der Waals surface area contributed by atoms with Crippen molar-refractivity contribution >= 4 is 5.97 Å². The van der Waals surface area contributed by atoms with Crippen LogP contribution in [0.25, 0.3) is 0 Å². The van der Waals surface area contributed by atoms with Crippen LogP contribution < -0.4 is 0 Å². The molecule has 2 nitrogen and oxygen atoms in total. The zero-order valence-electron chi connectivity index (χ0n) is 8.61. The zero-order valence-corrected chi connectivity index (χ0v) is 8.61. The molecule has 0 aliphatic heterocycles. The number of esters is 1. The molecule has 0 radical (unpaired) electrons. The quantitative estimate of drug-likeness (QED) is 0.701. The lowest BCUT2D eigenvalue weighted by atomic mass is 10.00. The lowest BCUT2D eigenvalue weighted by Gasteiger charge is -2.12. The molecule has 2 rings (SSSR count). The van der Waals surface area contributed by atoms with E-state index in [0.29, 0.717) is 6.61 Å². The summed E-state index contributed by atoms with van der Waals surface area (Å²) < 4.78 is 5.14. The number of hydrogen-bond acceptors (Lipinski definition) is 2. The van der Waals surface area contributed by atoms with E-state index < -0.39 is 0 Å². The molecule has 0 aromatic heterocycles. The van der Waals surface area contributed by atoms with Crippen LogP contribution >= 0.6 is 0 Å². The minimum absolute atomic E-state index is 0.141. The van der Waals surface area contributed by atoms with Gasteiger partial charge in [-0.2, -0.15) is 0 Å². The van der Waals surface area contributed by atoms with Gasteiger partial charge < -0.3 is 4.74 Å². The Kier molecular flexibility index (Phi) is 3.18. The highest BCUT2D eigenvalue weighted by atomic mass is 16.5. The molecule has 0 atom stereocenters. The van der Waals surface area contributed by atoms with Crippen LogP contribution in [0.1, 0.15) is 18.4 Å². The maximum Gasteiger partial charge on any atom is 0.333 e. The van der Waals surface area contributed by atoms with Crippen LogP contribution in [-0.4, -0.2) is 12.6 Å². The molecular weight excluding hydrogens is 188 g/mol. The molecule has 0 fully saturated rings. The molecule has 0 bridgehead atoms. The van der Waals surface area contributed by atoms with E-state index in [1.165, 1.54) is 5.56 Å². The van der Waals surface area contributed by atoms with Crippen molar-refractivity contribution in [1.29, 1.82) is 0 Å². The van der Waals surface area contributed by atoms with Gasteiger partial charge in [0.15, 0.2) is 0 Å². The summed E-state index contributed by atoms with van der Waals surface area (Å²) in [6.45, 7) is 0.472. The Hall–Kier alpha value is -1.57. The molecule has 15 heavy (non-hydrogen) atoms. The highest BCUT2D eigenvalue weighted by molar-refractivity contribution is 5.89. The van der Waals surface area contributed by atoms with Gasteiger partial charge >= 0.3 is 5.97 Å². The molecule has 0 amide bonds. The molecule has 0 spiro atoms. The van der Waals surface area contributed by atoms with Gasteiger partial charge in [0.25, 0.3) is 0 Å². The van der Waals surface area contributed by atoms with Crippen molar-refractivity contribution in [3.8, 4) is 0 Å². The van der Waals surface area contributed by atoms with E-state index >= 15 is 0 Å². The highest BCUT2D eigenvalue weighted by Gasteiger charge is 2.15. The van der Waals surface area contributed by atoms with Gasteiger partial charge in [0.1, 0.15) is 0 Å². The summed E-state index contributed by atoms with van der Waals surface area (Å²) in [5.74, 6) is -0.141. The predicted octanol–water partition coefficient (Wildman–Crippen LogP) is 2.49. The van der Waals surface area contributed by atoms with Gasteiger partial charge in [-0.1, -0.05) is 36.4 Å². The van der Waals surface area contributed by atoms with Crippen molar-refractivity contribution in [2.45, 2.75) is 19.3 Å². The Balaban J connectivity index is 1.73. The van der Waals surface area contributed by atoms with E-state index in [9.17, 15) is 4.79 Å². The van der Waals surface area contributed by atoms with Gasteiger partial charge in [-0.3, -0.25) is 0 Å². The zero-order chi connectivity index (χ0) is 10.5. The number of rotatable bonds is 4. The van der Waals surface area contributed by atoms with Crippen LogP contribution in [0.5, 0.6) is 0 Å². The molecular formula is C13H14O2. The smallest absolute Gasteiger partial charge is 0.333 e. The Morgan fingerprint density at radius 2 is 2.00 bits per heavy atom. The molecule has 0 N–H and O–H groups in total. The minimum atomic E-state index is -0.141. The molecule has 78 valence electrons. The van der Waals surface area contributed by atoms with Gasteiger partial charge in [0, 0.05) is 12.0 Å². The van der Waals surface area contributed by atoms with E-state index in [4.69, 9.17) is 4.74 Å². The number of allylic oxidation sites excluding steroid dienone is 1. The normalized spacial score (nSPS) is 14.0. The number of carbonyl (C=O) groups excluding carboxylic acids is 1. The van der Waals surface area contributed by atoms with Crippen LogP contribution in [-0.2, 0) is 16.0 Å². The summed E-state index contributed by atoms with van der Waals surface area (Å²) in [5.41, 5.74) is 2.04. The summed E-state index contributed by atoms with van der Waals surface area (Å²) in [6.07, 6.45) is 4.62. The minimum Gasteiger partial charge on any atom is -0.462 e. The summed E-state index contributed by atoms with van der Waals surface area (Å²) in [7, 11) is 0. The Morgan fingerprint density at radius 1 is 1.27 bits per heavy atom. The fourth-order valence-corrected chi connectivity index (χ4v) is 1.47. The number of benzene rings is 1. The molecule has 0 heterocycles. The van der Waals surface area contributed by atoms with Gasteiger partial charge in [0.2, 0.25) is 0 Å². The Labute approximate surface area is 89.6 Å². The first-order valence-corrected chi connectivity index (χ1v) is 5.26. The Bertz CT molecular complexity index is 365. The van der Waals surface area contributed by atoms with Crippen molar-refractivity contribution in [1.82, 2.24) is 0 Å². The number of hydrogen-bond donors (Lipinski definition) is 0. The number of carbonyl (C=O) groups is 1. The van der Waals surface area contributed by atoms with Crippen molar-refractivity contribution in [2.24, 2.45) is 0 Å². The third-order valence-electron chi connectivity index (χ3n) is 2.53. The van der Waals surface area contributed by atoms with Gasteiger partial charge in [-0.05, 0) is 18.4 Å². The van der Waals surface area contributed by atoms with Crippen LogP contribution in [0, 0.1) is 0 Å². The second-order valence-electron chi connectivity index (χ2n) is 3.64. The number of ether oxygens (including phenoxy) is 1. The van der Waals surface area contributed by atoms with E-state index in [2.05, 4.69) is 0 Å². The summed E-state index contributed by atoms with van der Waals surface area (Å²) >= 11 is 0. The summed E-state index contributed by atoms with van der Waals surface area (Å²) in [6, 6.07) is 10.0. The molecule has 0 saturated heterocycles. The predicted molar refractivity (Wildman–Crippen MR) is 58.4 cm³/mol. The first-order valence-electron chi connectivity index (χ1n) is 5.26. The molecule has 1 aliphatic rings. The van der Waals surface area contributed by atoms with E-state index in [0.717, 1.165) is 24.8 Å². The van der Waals surface area contributed by atoms with Gasteiger partial charge in [0.05, 0.1) is 6.61 Å². The molecule has 0 unspecified atom stereocenters. The van der Waals surface area contributed by atoms with Gasteiger partial charge in [-0.15, -0.1) is 0 Å². The highest BCUT2D eigenvalue weighted by Crippen LogP contribution is 2.18. The van der Waals surface area contributed by atoms with E-state index in [1.54, 1.807) is 0 Å². The standard InChI is InChI=1S/C13H14O2/c14-13(12-7-4-8-12)15-10-9-11-5-2-1-3-6-11/h1-3,5-7H,4,8-10H2. The first-order chi connectivity index (χ1) is 7.36. The van der Waals surface area contributed by atoms with Crippen LogP contribution in [0.4, 0.5) is 0 Å². The topological polar surface area (TPSA) is 26.3 Å². The average molecular weight is 202 g/mol. The lowest BCUT2D eigenvalue weighted by molar-refractivity contribution is -0.139.